The Morgan fingerprint density at radius 1 is 1.35 bits per heavy atom. The Labute approximate surface area is 139 Å². The Kier molecular flexibility index (Phi) is 5.64. The molecule has 5 nitrogen and oxygen atoms in total. The van der Waals surface area contributed by atoms with Gasteiger partial charge in [0.25, 0.3) is 0 Å². The summed E-state index contributed by atoms with van der Waals surface area (Å²) in [6.45, 7) is 2.09. The lowest BCUT2D eigenvalue weighted by molar-refractivity contribution is 0.0632. The molecule has 2 aromatic rings. The molecule has 1 aromatic heterocycles. The van der Waals surface area contributed by atoms with Crippen molar-refractivity contribution in [2.45, 2.75) is 24.4 Å². The molecule has 124 valence electrons. The maximum absolute atomic E-state index is 14.2. The van der Waals surface area contributed by atoms with E-state index in [2.05, 4.69) is 10.2 Å². The summed E-state index contributed by atoms with van der Waals surface area (Å²) in [6.07, 6.45) is 2.83. The van der Waals surface area contributed by atoms with Crippen LogP contribution in [-0.2, 0) is 11.2 Å². The van der Waals surface area contributed by atoms with Gasteiger partial charge in [-0.05, 0) is 37.4 Å². The number of nitrogens with two attached hydrogens (primary N) is 1. The van der Waals surface area contributed by atoms with Crippen LogP contribution in [0.15, 0.2) is 29.4 Å². The lowest BCUT2D eigenvalue weighted by atomic mass is 10.1. The predicted octanol–water partition coefficient (Wildman–Crippen LogP) is 2.43. The number of para-hydroxylation sites is 1. The smallest absolute Gasteiger partial charge is 0.195 e. The molecule has 7 heteroatoms. The summed E-state index contributed by atoms with van der Waals surface area (Å²) in [6, 6.07) is 6.68. The van der Waals surface area contributed by atoms with Gasteiger partial charge in [-0.3, -0.25) is 4.57 Å². The largest absolute Gasteiger partial charge is 0.381 e. The first kappa shape index (κ1) is 16.4. The van der Waals surface area contributed by atoms with Gasteiger partial charge in [-0.1, -0.05) is 23.9 Å². The van der Waals surface area contributed by atoms with Crippen LogP contribution in [0.4, 0.5) is 4.39 Å². The van der Waals surface area contributed by atoms with Gasteiger partial charge < -0.3 is 10.5 Å². The highest BCUT2D eigenvalue weighted by molar-refractivity contribution is 7.99. The van der Waals surface area contributed by atoms with Crippen molar-refractivity contribution in [3.63, 3.8) is 0 Å². The van der Waals surface area contributed by atoms with E-state index >= 15 is 0 Å². The molecule has 2 N–H and O–H groups in total. The quantitative estimate of drug-likeness (QED) is 0.821. The highest BCUT2D eigenvalue weighted by atomic mass is 32.2. The van der Waals surface area contributed by atoms with Crippen LogP contribution in [0.3, 0.4) is 0 Å². The molecular formula is C16H21FN4OS. The molecule has 0 amide bonds. The Morgan fingerprint density at radius 2 is 2.22 bits per heavy atom. The van der Waals surface area contributed by atoms with Crippen LogP contribution in [0.25, 0.3) is 5.69 Å². The number of hydrogen-bond donors (Lipinski definition) is 1. The molecule has 0 saturated carbocycles. The van der Waals surface area contributed by atoms with Crippen LogP contribution in [0.5, 0.6) is 0 Å². The second-order valence-corrected chi connectivity index (χ2v) is 6.61. The average molecular weight is 336 g/mol. The maximum atomic E-state index is 14.2. The van der Waals surface area contributed by atoms with E-state index in [0.717, 1.165) is 31.8 Å². The molecule has 0 spiro atoms. The molecule has 1 saturated heterocycles. The topological polar surface area (TPSA) is 66.0 Å². The van der Waals surface area contributed by atoms with Gasteiger partial charge in [-0.2, -0.15) is 0 Å². The number of thioether (sulfide) groups is 1. The molecule has 1 atom stereocenters. The van der Waals surface area contributed by atoms with Crippen LogP contribution >= 0.6 is 11.8 Å². The molecule has 3 rings (SSSR count). The molecule has 2 heterocycles. The fraction of sp³-hybridized carbons (Fsp3) is 0.500. The van der Waals surface area contributed by atoms with E-state index in [1.807, 2.05) is 6.07 Å². The first-order valence-electron chi connectivity index (χ1n) is 7.89. The molecule has 1 aliphatic rings. The van der Waals surface area contributed by atoms with E-state index in [9.17, 15) is 4.39 Å². The van der Waals surface area contributed by atoms with Gasteiger partial charge in [-0.25, -0.2) is 4.39 Å². The Hall–Kier alpha value is -1.44. The minimum atomic E-state index is -0.284. The number of aromatic nitrogens is 3. The van der Waals surface area contributed by atoms with E-state index in [1.165, 1.54) is 6.07 Å². The van der Waals surface area contributed by atoms with Crippen molar-refractivity contribution in [2.75, 3.05) is 25.5 Å². The van der Waals surface area contributed by atoms with E-state index in [1.54, 1.807) is 28.5 Å². The van der Waals surface area contributed by atoms with Crippen molar-refractivity contribution in [3.8, 4) is 5.69 Å². The maximum Gasteiger partial charge on any atom is 0.195 e. The van der Waals surface area contributed by atoms with Crippen molar-refractivity contribution < 1.29 is 9.13 Å². The van der Waals surface area contributed by atoms with Crippen molar-refractivity contribution in [1.82, 2.24) is 14.8 Å². The number of nitrogens with zero attached hydrogens (tertiary/aromatic N) is 3. The minimum Gasteiger partial charge on any atom is -0.381 e. The Bertz CT molecular complexity index is 643. The van der Waals surface area contributed by atoms with Crippen LogP contribution in [-0.4, -0.2) is 40.3 Å². The third-order valence-electron chi connectivity index (χ3n) is 3.86. The van der Waals surface area contributed by atoms with Crippen molar-refractivity contribution in [1.29, 1.82) is 0 Å². The molecule has 1 fully saturated rings. The van der Waals surface area contributed by atoms with Gasteiger partial charge in [0.15, 0.2) is 5.16 Å². The monoisotopic (exact) mass is 336 g/mol. The van der Waals surface area contributed by atoms with Crippen molar-refractivity contribution in [3.05, 3.63) is 35.9 Å². The van der Waals surface area contributed by atoms with Crippen LogP contribution in [0.1, 0.15) is 18.7 Å². The SMILES string of the molecule is NCCc1nnc(SCC2CCCOC2)n1-c1ccccc1F. The molecule has 0 aliphatic carbocycles. The van der Waals surface area contributed by atoms with Gasteiger partial charge in [0.2, 0.25) is 0 Å². The highest BCUT2D eigenvalue weighted by Crippen LogP contribution is 2.27. The van der Waals surface area contributed by atoms with Gasteiger partial charge in [-0.15, -0.1) is 10.2 Å². The average Bonchev–Trinajstić information content (AvgIpc) is 2.97. The predicted molar refractivity (Wildman–Crippen MR) is 88.3 cm³/mol. The molecule has 0 radical (unpaired) electrons. The fourth-order valence-corrected chi connectivity index (χ4v) is 3.77. The molecule has 1 aliphatic heterocycles. The molecular weight excluding hydrogens is 315 g/mol. The summed E-state index contributed by atoms with van der Waals surface area (Å²) < 4.78 is 21.5. The van der Waals surface area contributed by atoms with Crippen molar-refractivity contribution in [2.24, 2.45) is 11.7 Å². The van der Waals surface area contributed by atoms with E-state index in [0.29, 0.717) is 35.6 Å². The number of benzene rings is 1. The zero-order valence-corrected chi connectivity index (χ0v) is 13.8. The molecule has 1 aromatic carbocycles. The molecule has 1 unspecified atom stereocenters. The zero-order valence-electron chi connectivity index (χ0n) is 12.9. The summed E-state index contributed by atoms with van der Waals surface area (Å²) >= 11 is 1.61. The molecule has 0 bridgehead atoms. The first-order valence-corrected chi connectivity index (χ1v) is 8.88. The van der Waals surface area contributed by atoms with Crippen LogP contribution < -0.4 is 5.73 Å². The molecule has 23 heavy (non-hydrogen) atoms. The second-order valence-electron chi connectivity index (χ2n) is 5.62. The minimum absolute atomic E-state index is 0.284. The standard InChI is InChI=1S/C16H21FN4OS/c17-13-5-1-2-6-14(13)21-15(7-8-18)19-20-16(21)23-11-12-4-3-9-22-10-12/h1-2,5-6,12H,3-4,7-11,18H2. The van der Waals surface area contributed by atoms with Gasteiger partial charge in [0, 0.05) is 18.8 Å². The van der Waals surface area contributed by atoms with Gasteiger partial charge in [0.1, 0.15) is 11.6 Å². The number of hydrogen-bond acceptors (Lipinski definition) is 5. The summed E-state index contributed by atoms with van der Waals surface area (Å²) in [5, 5.41) is 9.16. The number of ether oxygens (including phenoxy) is 1. The van der Waals surface area contributed by atoms with Gasteiger partial charge >= 0.3 is 0 Å². The lowest BCUT2D eigenvalue weighted by Gasteiger charge is -2.21. The Morgan fingerprint density at radius 3 is 2.96 bits per heavy atom. The van der Waals surface area contributed by atoms with Crippen molar-refractivity contribution >= 4 is 11.8 Å². The normalized spacial score (nSPS) is 18.3. The van der Waals surface area contributed by atoms with Crippen LogP contribution in [0, 0.1) is 11.7 Å². The second kappa shape index (κ2) is 7.90. The van der Waals surface area contributed by atoms with Gasteiger partial charge in [0.05, 0.1) is 12.3 Å². The van der Waals surface area contributed by atoms with Crippen LogP contribution in [0.2, 0.25) is 0 Å². The third-order valence-corrected chi connectivity index (χ3v) is 5.02. The summed E-state index contributed by atoms with van der Waals surface area (Å²) in [5.41, 5.74) is 6.12. The third kappa shape index (κ3) is 3.91. The lowest BCUT2D eigenvalue weighted by Crippen LogP contribution is -2.19. The number of rotatable bonds is 6. The summed E-state index contributed by atoms with van der Waals surface area (Å²) in [7, 11) is 0. The van der Waals surface area contributed by atoms with E-state index in [-0.39, 0.29) is 5.82 Å². The fourth-order valence-electron chi connectivity index (χ4n) is 2.69. The summed E-state index contributed by atoms with van der Waals surface area (Å²) in [5.74, 6) is 1.82. The number of halogens is 1. The first-order chi connectivity index (χ1) is 11.3. The van der Waals surface area contributed by atoms with E-state index < -0.39 is 0 Å². The summed E-state index contributed by atoms with van der Waals surface area (Å²) in [4.78, 5) is 0. The Balaban J connectivity index is 1.83. The van der Waals surface area contributed by atoms with E-state index in [4.69, 9.17) is 10.5 Å². The highest BCUT2D eigenvalue weighted by Gasteiger charge is 2.19. The zero-order chi connectivity index (χ0) is 16.1.